The molecule has 1 fully saturated rings. The summed E-state index contributed by atoms with van der Waals surface area (Å²) in [6.45, 7) is 1.03. The number of amides is 1. The van der Waals surface area contributed by atoms with Crippen molar-refractivity contribution < 1.29 is 9.18 Å². The number of carbonyl (C=O) groups is 1. The summed E-state index contributed by atoms with van der Waals surface area (Å²) in [7, 11) is 0. The Kier molecular flexibility index (Phi) is 3.97. The number of hydrogen-bond donors (Lipinski definition) is 2. The van der Waals surface area contributed by atoms with Crippen molar-refractivity contribution in [2.75, 3.05) is 6.54 Å². The molecule has 92 valence electrons. The number of carbonyl (C=O) groups excluding carboxylic acids is 1. The zero-order valence-electron chi connectivity index (χ0n) is 9.30. The smallest absolute Gasteiger partial charge is 0.237 e. The number of benzene rings is 1. The van der Waals surface area contributed by atoms with Crippen molar-refractivity contribution in [1.29, 1.82) is 0 Å². The Hall–Kier alpha value is -1.13. The van der Waals surface area contributed by atoms with Crippen LogP contribution in [0.15, 0.2) is 18.2 Å². The Bertz CT molecular complexity index is 419. The first-order chi connectivity index (χ1) is 8.18. The molecule has 1 unspecified atom stereocenters. The van der Waals surface area contributed by atoms with Crippen molar-refractivity contribution in [1.82, 2.24) is 10.6 Å². The normalized spacial score (nSPS) is 19.3. The number of nitrogens with one attached hydrogen (secondary N) is 2. The van der Waals surface area contributed by atoms with Crippen LogP contribution in [0.5, 0.6) is 0 Å². The van der Waals surface area contributed by atoms with E-state index in [1.165, 1.54) is 6.07 Å². The summed E-state index contributed by atoms with van der Waals surface area (Å²) in [5.41, 5.74) is 0.406. The maximum atomic E-state index is 13.5. The summed E-state index contributed by atoms with van der Waals surface area (Å²) >= 11 is 5.66. The van der Waals surface area contributed by atoms with Gasteiger partial charge in [-0.15, -0.1) is 0 Å². The average molecular weight is 257 g/mol. The van der Waals surface area contributed by atoms with Gasteiger partial charge in [-0.1, -0.05) is 23.7 Å². The van der Waals surface area contributed by atoms with Crippen molar-refractivity contribution in [3.63, 3.8) is 0 Å². The first-order valence-corrected chi connectivity index (χ1v) is 6.00. The van der Waals surface area contributed by atoms with Gasteiger partial charge >= 0.3 is 0 Å². The lowest BCUT2D eigenvalue weighted by atomic mass is 10.2. The molecule has 0 saturated carbocycles. The minimum Gasteiger partial charge on any atom is -0.351 e. The maximum absolute atomic E-state index is 13.5. The first kappa shape index (κ1) is 12.3. The lowest BCUT2D eigenvalue weighted by Crippen LogP contribution is -2.40. The first-order valence-electron chi connectivity index (χ1n) is 5.62. The molecule has 0 spiro atoms. The molecule has 1 aliphatic rings. The molecular weight excluding hydrogens is 243 g/mol. The van der Waals surface area contributed by atoms with E-state index < -0.39 is 5.82 Å². The molecule has 1 aromatic rings. The summed E-state index contributed by atoms with van der Waals surface area (Å²) in [4.78, 5) is 11.7. The minimum absolute atomic E-state index is 0.0794. The van der Waals surface area contributed by atoms with Gasteiger partial charge in [-0.05, 0) is 25.5 Å². The van der Waals surface area contributed by atoms with Crippen LogP contribution in [0.1, 0.15) is 18.4 Å². The highest BCUT2D eigenvalue weighted by Gasteiger charge is 2.21. The second-order valence-electron chi connectivity index (χ2n) is 4.08. The summed E-state index contributed by atoms with van der Waals surface area (Å²) in [5.74, 6) is -0.546. The molecular formula is C12H14ClFN2O. The molecule has 2 rings (SSSR count). The fourth-order valence-corrected chi connectivity index (χ4v) is 2.09. The SMILES string of the molecule is O=C(NCc1cccc(Cl)c1F)C1CCCN1. The van der Waals surface area contributed by atoms with E-state index in [1.54, 1.807) is 12.1 Å². The second-order valence-corrected chi connectivity index (χ2v) is 4.49. The third-order valence-electron chi connectivity index (χ3n) is 2.86. The number of rotatable bonds is 3. The fraction of sp³-hybridized carbons (Fsp3) is 0.417. The molecule has 1 saturated heterocycles. The predicted molar refractivity (Wildman–Crippen MR) is 64.3 cm³/mol. The Balaban J connectivity index is 1.93. The molecule has 17 heavy (non-hydrogen) atoms. The Morgan fingerprint density at radius 2 is 2.41 bits per heavy atom. The van der Waals surface area contributed by atoms with Crippen LogP contribution in [0.2, 0.25) is 5.02 Å². The molecule has 1 aliphatic heterocycles. The Labute approximate surface area is 104 Å². The number of hydrogen-bond acceptors (Lipinski definition) is 2. The molecule has 0 radical (unpaired) electrons. The van der Waals surface area contributed by atoms with Gasteiger partial charge in [0.1, 0.15) is 5.82 Å². The molecule has 5 heteroatoms. The highest BCUT2D eigenvalue weighted by atomic mass is 35.5. The molecule has 0 aliphatic carbocycles. The zero-order valence-corrected chi connectivity index (χ0v) is 10.1. The van der Waals surface area contributed by atoms with E-state index in [0.29, 0.717) is 5.56 Å². The standard InChI is InChI=1S/C12H14ClFN2O/c13-9-4-1-3-8(11(9)14)7-16-12(17)10-5-2-6-15-10/h1,3-4,10,15H,2,5-7H2,(H,16,17). The van der Waals surface area contributed by atoms with Crippen molar-refractivity contribution in [3.8, 4) is 0 Å². The van der Waals surface area contributed by atoms with E-state index >= 15 is 0 Å². The lowest BCUT2D eigenvalue weighted by Gasteiger charge is -2.11. The Morgan fingerprint density at radius 1 is 1.59 bits per heavy atom. The summed E-state index contributed by atoms with van der Waals surface area (Å²) < 4.78 is 13.5. The zero-order chi connectivity index (χ0) is 12.3. The predicted octanol–water partition coefficient (Wildman–Crippen LogP) is 1.85. The van der Waals surface area contributed by atoms with Crippen LogP contribution < -0.4 is 10.6 Å². The molecule has 3 nitrogen and oxygen atoms in total. The third-order valence-corrected chi connectivity index (χ3v) is 3.15. The van der Waals surface area contributed by atoms with E-state index in [2.05, 4.69) is 10.6 Å². The van der Waals surface area contributed by atoms with Crippen molar-refractivity contribution in [3.05, 3.63) is 34.6 Å². The van der Waals surface area contributed by atoms with Crippen LogP contribution in [0.25, 0.3) is 0 Å². The van der Waals surface area contributed by atoms with Gasteiger partial charge in [-0.3, -0.25) is 4.79 Å². The lowest BCUT2D eigenvalue weighted by molar-refractivity contribution is -0.122. The second kappa shape index (κ2) is 5.47. The van der Waals surface area contributed by atoms with Gasteiger partial charge < -0.3 is 10.6 Å². The van der Waals surface area contributed by atoms with Gasteiger partial charge in [-0.25, -0.2) is 4.39 Å². The van der Waals surface area contributed by atoms with E-state index in [0.717, 1.165) is 19.4 Å². The molecule has 1 atom stereocenters. The van der Waals surface area contributed by atoms with Gasteiger partial charge in [-0.2, -0.15) is 0 Å². The van der Waals surface area contributed by atoms with Gasteiger partial charge in [0.2, 0.25) is 5.91 Å². The quantitative estimate of drug-likeness (QED) is 0.867. The van der Waals surface area contributed by atoms with Crippen molar-refractivity contribution in [2.45, 2.75) is 25.4 Å². The Morgan fingerprint density at radius 3 is 3.12 bits per heavy atom. The van der Waals surface area contributed by atoms with Crippen molar-refractivity contribution >= 4 is 17.5 Å². The van der Waals surface area contributed by atoms with Gasteiger partial charge in [0.15, 0.2) is 0 Å². The highest BCUT2D eigenvalue weighted by Crippen LogP contribution is 2.17. The number of halogens is 2. The topological polar surface area (TPSA) is 41.1 Å². The maximum Gasteiger partial charge on any atom is 0.237 e. The molecule has 1 amide bonds. The summed E-state index contributed by atoms with van der Waals surface area (Å²) in [5, 5.41) is 5.88. The molecule has 0 aromatic heterocycles. The van der Waals surface area contributed by atoms with Crippen LogP contribution in [0.3, 0.4) is 0 Å². The monoisotopic (exact) mass is 256 g/mol. The highest BCUT2D eigenvalue weighted by molar-refractivity contribution is 6.30. The third kappa shape index (κ3) is 2.96. The molecule has 1 heterocycles. The van der Waals surface area contributed by atoms with Crippen molar-refractivity contribution in [2.24, 2.45) is 0 Å². The van der Waals surface area contributed by atoms with Crippen LogP contribution in [0, 0.1) is 5.82 Å². The minimum atomic E-state index is -0.464. The van der Waals surface area contributed by atoms with Crippen LogP contribution in [-0.4, -0.2) is 18.5 Å². The van der Waals surface area contributed by atoms with E-state index in [9.17, 15) is 9.18 Å². The largest absolute Gasteiger partial charge is 0.351 e. The van der Waals surface area contributed by atoms with Crippen LogP contribution in [-0.2, 0) is 11.3 Å². The van der Waals surface area contributed by atoms with Gasteiger partial charge in [0, 0.05) is 12.1 Å². The summed E-state index contributed by atoms with van der Waals surface area (Å²) in [6, 6.07) is 4.63. The van der Waals surface area contributed by atoms with E-state index in [-0.39, 0.29) is 23.5 Å². The molecule has 0 bridgehead atoms. The van der Waals surface area contributed by atoms with Crippen LogP contribution in [0.4, 0.5) is 4.39 Å². The summed E-state index contributed by atoms with van der Waals surface area (Å²) in [6.07, 6.45) is 1.84. The average Bonchev–Trinajstić information content (AvgIpc) is 2.84. The van der Waals surface area contributed by atoms with Gasteiger partial charge in [0.05, 0.1) is 11.1 Å². The van der Waals surface area contributed by atoms with Gasteiger partial charge in [0.25, 0.3) is 0 Å². The van der Waals surface area contributed by atoms with Crippen LogP contribution >= 0.6 is 11.6 Å². The van der Waals surface area contributed by atoms with E-state index in [1.807, 2.05) is 0 Å². The van der Waals surface area contributed by atoms with E-state index in [4.69, 9.17) is 11.6 Å². The molecule has 2 N–H and O–H groups in total. The molecule has 1 aromatic carbocycles. The fourth-order valence-electron chi connectivity index (χ4n) is 1.90.